The monoisotopic (exact) mass is 254 g/mol. The molecule has 0 spiro atoms. The van der Waals surface area contributed by atoms with Crippen molar-refractivity contribution in [3.8, 4) is 0 Å². The number of amides is 1. The molecule has 1 aliphatic heterocycles. The molecule has 1 aliphatic rings. The number of nitrogens with two attached hydrogens (primary N) is 1. The zero-order valence-corrected chi connectivity index (χ0v) is 10.8. The fraction of sp³-hybridized carbons (Fsp3) is 0.583. The van der Waals surface area contributed by atoms with Gasteiger partial charge in [0, 0.05) is 24.5 Å². The van der Waals surface area contributed by atoms with Gasteiger partial charge in [-0.1, -0.05) is 6.07 Å². The van der Waals surface area contributed by atoms with Gasteiger partial charge in [0.1, 0.15) is 0 Å². The number of hydrogen-bond donors (Lipinski definition) is 1. The second-order valence-electron chi connectivity index (χ2n) is 4.40. The van der Waals surface area contributed by atoms with Crippen LogP contribution < -0.4 is 5.73 Å². The van der Waals surface area contributed by atoms with Gasteiger partial charge in [0.25, 0.3) is 0 Å². The normalized spacial score (nSPS) is 23.9. The lowest BCUT2D eigenvalue weighted by atomic mass is 10.0. The van der Waals surface area contributed by atoms with Crippen molar-refractivity contribution in [1.29, 1.82) is 0 Å². The van der Waals surface area contributed by atoms with Crippen molar-refractivity contribution >= 4 is 17.2 Å². The van der Waals surface area contributed by atoms with Gasteiger partial charge in [-0.15, -0.1) is 11.3 Å². The van der Waals surface area contributed by atoms with Gasteiger partial charge >= 0.3 is 0 Å². The third-order valence-corrected chi connectivity index (χ3v) is 4.03. The predicted octanol–water partition coefficient (Wildman–Crippen LogP) is 0.723. The van der Waals surface area contributed by atoms with Crippen molar-refractivity contribution in [1.82, 2.24) is 4.90 Å². The summed E-state index contributed by atoms with van der Waals surface area (Å²) in [4.78, 5) is 15.1. The van der Waals surface area contributed by atoms with Gasteiger partial charge in [0.05, 0.1) is 19.1 Å². The summed E-state index contributed by atoms with van der Waals surface area (Å²) in [7, 11) is 1.83. The minimum atomic E-state index is -0.164. The average molecular weight is 254 g/mol. The van der Waals surface area contributed by atoms with E-state index < -0.39 is 0 Å². The summed E-state index contributed by atoms with van der Waals surface area (Å²) in [6.45, 7) is 1.70. The van der Waals surface area contributed by atoms with E-state index >= 15 is 0 Å². The lowest BCUT2D eigenvalue weighted by Gasteiger charge is -2.22. The summed E-state index contributed by atoms with van der Waals surface area (Å²) in [6, 6.07) is 3.97. The number of rotatable bonds is 4. The first-order valence-corrected chi connectivity index (χ1v) is 6.67. The van der Waals surface area contributed by atoms with Crippen molar-refractivity contribution in [3.63, 3.8) is 0 Å². The molecule has 4 nitrogen and oxygen atoms in total. The number of nitrogens with zero attached hydrogens (tertiary/aromatic N) is 1. The van der Waals surface area contributed by atoms with E-state index in [1.807, 2.05) is 13.1 Å². The highest BCUT2D eigenvalue weighted by Crippen LogP contribution is 2.15. The molecule has 5 heteroatoms. The van der Waals surface area contributed by atoms with E-state index in [-0.39, 0.29) is 17.9 Å². The summed E-state index contributed by atoms with van der Waals surface area (Å²) in [5.74, 6) is -0.0603. The summed E-state index contributed by atoms with van der Waals surface area (Å²) < 4.78 is 5.22. The Morgan fingerprint density at radius 2 is 2.47 bits per heavy atom. The highest BCUT2D eigenvalue weighted by Gasteiger charge is 2.33. The van der Waals surface area contributed by atoms with Crippen molar-refractivity contribution in [2.24, 2.45) is 11.7 Å². The van der Waals surface area contributed by atoms with Gasteiger partial charge in [-0.2, -0.15) is 0 Å². The molecule has 0 aliphatic carbocycles. The molecule has 2 rings (SSSR count). The maximum Gasteiger partial charge on any atom is 0.229 e. The molecule has 1 aromatic rings. The molecule has 1 amide bonds. The molecule has 17 heavy (non-hydrogen) atoms. The quantitative estimate of drug-likeness (QED) is 0.861. The molecule has 1 aromatic heterocycles. The van der Waals surface area contributed by atoms with Crippen molar-refractivity contribution in [3.05, 3.63) is 22.4 Å². The second kappa shape index (κ2) is 5.62. The topological polar surface area (TPSA) is 55.6 Å². The van der Waals surface area contributed by atoms with Crippen LogP contribution in [0.25, 0.3) is 0 Å². The Morgan fingerprint density at radius 3 is 3.06 bits per heavy atom. The smallest absolute Gasteiger partial charge is 0.229 e. The second-order valence-corrected chi connectivity index (χ2v) is 5.43. The van der Waals surface area contributed by atoms with Gasteiger partial charge in [-0.25, -0.2) is 0 Å². The van der Waals surface area contributed by atoms with Crippen LogP contribution in [0.3, 0.4) is 0 Å². The SMILES string of the molecule is CN(CCc1cccs1)C(=O)C1COCC1N. The van der Waals surface area contributed by atoms with E-state index in [4.69, 9.17) is 10.5 Å². The Hall–Kier alpha value is -0.910. The van der Waals surface area contributed by atoms with Gasteiger partial charge in [-0.05, 0) is 17.9 Å². The van der Waals surface area contributed by atoms with E-state index in [0.717, 1.165) is 13.0 Å². The molecule has 2 unspecified atom stereocenters. The first kappa shape index (κ1) is 12.5. The Morgan fingerprint density at radius 1 is 1.65 bits per heavy atom. The first-order valence-electron chi connectivity index (χ1n) is 5.79. The Labute approximate surface area is 105 Å². The van der Waals surface area contributed by atoms with E-state index in [1.165, 1.54) is 4.88 Å². The van der Waals surface area contributed by atoms with Crippen molar-refractivity contribution in [2.75, 3.05) is 26.8 Å². The van der Waals surface area contributed by atoms with E-state index in [2.05, 4.69) is 11.4 Å². The molecule has 2 atom stereocenters. The van der Waals surface area contributed by atoms with Crippen molar-refractivity contribution < 1.29 is 9.53 Å². The van der Waals surface area contributed by atoms with Gasteiger partial charge < -0.3 is 15.4 Å². The maximum absolute atomic E-state index is 12.1. The number of thiophene rings is 1. The summed E-state index contributed by atoms with van der Waals surface area (Å²) >= 11 is 1.72. The molecule has 0 bridgehead atoms. The summed E-state index contributed by atoms with van der Waals surface area (Å²) in [5.41, 5.74) is 5.84. The van der Waals surface area contributed by atoms with Crippen LogP contribution in [0.5, 0.6) is 0 Å². The average Bonchev–Trinajstić information content (AvgIpc) is 2.95. The molecule has 1 fully saturated rings. The number of carbonyl (C=O) groups excluding carboxylic acids is 1. The molecule has 0 saturated carbocycles. The lowest BCUT2D eigenvalue weighted by molar-refractivity contribution is -0.134. The Balaban J connectivity index is 1.83. The Bertz CT molecular complexity index is 367. The molecule has 0 aromatic carbocycles. The fourth-order valence-corrected chi connectivity index (χ4v) is 2.65. The molecule has 0 radical (unpaired) electrons. The first-order chi connectivity index (χ1) is 8.18. The van der Waals surface area contributed by atoms with Crippen LogP contribution in [-0.4, -0.2) is 43.7 Å². The summed E-state index contributed by atoms with van der Waals surface area (Å²) in [6.07, 6.45) is 0.905. The highest BCUT2D eigenvalue weighted by molar-refractivity contribution is 7.09. The van der Waals surface area contributed by atoms with Crippen LogP contribution in [0.4, 0.5) is 0 Å². The zero-order valence-electron chi connectivity index (χ0n) is 9.96. The number of carbonyl (C=O) groups is 1. The number of hydrogen-bond acceptors (Lipinski definition) is 4. The highest BCUT2D eigenvalue weighted by atomic mass is 32.1. The van der Waals surface area contributed by atoms with Gasteiger partial charge in [0.2, 0.25) is 5.91 Å². The van der Waals surface area contributed by atoms with E-state index in [0.29, 0.717) is 13.2 Å². The third-order valence-electron chi connectivity index (χ3n) is 3.09. The number of likely N-dealkylation sites (N-methyl/N-ethyl adjacent to an activating group) is 1. The van der Waals surface area contributed by atoms with Gasteiger partial charge in [-0.3, -0.25) is 4.79 Å². The van der Waals surface area contributed by atoms with Crippen LogP contribution >= 0.6 is 11.3 Å². The molecular formula is C12H18N2O2S. The Kier molecular flexibility index (Phi) is 4.15. The standard InChI is InChI=1S/C12H18N2O2S/c1-14(5-4-9-3-2-6-17-9)12(15)10-7-16-8-11(10)13/h2-3,6,10-11H,4-5,7-8,13H2,1H3. The summed E-state index contributed by atoms with van der Waals surface area (Å²) in [5, 5.41) is 2.05. The zero-order chi connectivity index (χ0) is 12.3. The predicted molar refractivity (Wildman–Crippen MR) is 67.9 cm³/mol. The fourth-order valence-electron chi connectivity index (χ4n) is 1.95. The van der Waals surface area contributed by atoms with E-state index in [9.17, 15) is 4.79 Å². The number of ether oxygens (including phenoxy) is 1. The molecule has 1 saturated heterocycles. The maximum atomic E-state index is 12.1. The van der Waals surface area contributed by atoms with Crippen LogP contribution in [0.1, 0.15) is 4.88 Å². The van der Waals surface area contributed by atoms with Crippen LogP contribution in [0.15, 0.2) is 17.5 Å². The van der Waals surface area contributed by atoms with Crippen LogP contribution in [0, 0.1) is 5.92 Å². The van der Waals surface area contributed by atoms with Crippen LogP contribution in [-0.2, 0) is 16.0 Å². The van der Waals surface area contributed by atoms with Gasteiger partial charge in [0.15, 0.2) is 0 Å². The minimum absolute atomic E-state index is 0.103. The molecule has 94 valence electrons. The largest absolute Gasteiger partial charge is 0.379 e. The van der Waals surface area contributed by atoms with Crippen molar-refractivity contribution in [2.45, 2.75) is 12.5 Å². The third kappa shape index (κ3) is 3.06. The molecular weight excluding hydrogens is 236 g/mol. The lowest BCUT2D eigenvalue weighted by Crippen LogP contribution is -2.42. The van der Waals surface area contributed by atoms with E-state index in [1.54, 1.807) is 16.2 Å². The molecule has 2 heterocycles. The van der Waals surface area contributed by atoms with Crippen LogP contribution in [0.2, 0.25) is 0 Å². The molecule has 2 N–H and O–H groups in total. The minimum Gasteiger partial charge on any atom is -0.379 e.